The quantitative estimate of drug-likeness (QED) is 0.0789. The lowest BCUT2D eigenvalue weighted by Crippen LogP contribution is -2.22. The largest absolute Gasteiger partial charge is 0.493 e. The van der Waals surface area contributed by atoms with Crippen molar-refractivity contribution in [1.82, 2.24) is 0 Å². The minimum atomic E-state index is -0.797. The van der Waals surface area contributed by atoms with Gasteiger partial charge in [0, 0.05) is 11.6 Å². The van der Waals surface area contributed by atoms with E-state index in [0.717, 1.165) is 11.1 Å². The minimum Gasteiger partial charge on any atom is -0.493 e. The molecule has 46 heavy (non-hydrogen) atoms. The van der Waals surface area contributed by atoms with Gasteiger partial charge in [0.1, 0.15) is 39.8 Å². The molecule has 0 amide bonds. The van der Waals surface area contributed by atoms with Crippen molar-refractivity contribution in [1.29, 1.82) is 5.26 Å². The van der Waals surface area contributed by atoms with Gasteiger partial charge >= 0.3 is 5.97 Å². The monoisotopic (exact) mass is 718 g/mol. The highest BCUT2D eigenvalue weighted by molar-refractivity contribution is 6.55. The van der Waals surface area contributed by atoms with Crippen LogP contribution < -0.4 is 29.4 Å². The Kier molecular flexibility index (Phi) is 10.3. The fraction of sp³-hybridized carbons (Fsp3) is 0.152. The second-order valence-corrected chi connectivity index (χ2v) is 11.9. The first-order chi connectivity index (χ1) is 22.0. The molecule has 1 unspecified atom stereocenters. The fourth-order valence-corrected chi connectivity index (χ4v) is 5.90. The van der Waals surface area contributed by atoms with Gasteiger partial charge in [-0.1, -0.05) is 100.0 Å². The van der Waals surface area contributed by atoms with Gasteiger partial charge in [0.15, 0.2) is 23.9 Å². The van der Waals surface area contributed by atoms with E-state index in [0.29, 0.717) is 29.2 Å². The summed E-state index contributed by atoms with van der Waals surface area (Å²) in [5.74, 6) is -0.201. The summed E-state index contributed by atoms with van der Waals surface area (Å²) in [6.07, 6.45) is 0. The molecule has 0 aromatic heterocycles. The summed E-state index contributed by atoms with van der Waals surface area (Å²) in [6.45, 7) is 1.78. The Labute approximate surface area is 289 Å². The van der Waals surface area contributed by atoms with E-state index < -0.39 is 18.5 Å². The molecule has 1 aliphatic rings. The zero-order valence-electron chi connectivity index (χ0n) is 24.1. The smallest absolute Gasteiger partial charge is 0.349 e. The van der Waals surface area contributed by atoms with Gasteiger partial charge < -0.3 is 29.4 Å². The molecule has 0 bridgehead atoms. The Morgan fingerprint density at radius 2 is 1.57 bits per heavy atom. The summed E-state index contributed by atoms with van der Waals surface area (Å²) in [5.41, 5.74) is 9.86. The second-order valence-electron chi connectivity index (χ2n) is 9.97. The zero-order valence-corrected chi connectivity index (χ0v) is 27.9. The second kappa shape index (κ2) is 14.2. The number of hydrogen-bond donors (Lipinski definition) is 1. The third-order valence-corrected chi connectivity index (χ3v) is 9.20. The van der Waals surface area contributed by atoms with Crippen molar-refractivity contribution >= 4 is 64.0 Å². The van der Waals surface area contributed by atoms with Crippen LogP contribution in [0.25, 0.3) is 0 Å². The molecule has 13 heteroatoms. The summed E-state index contributed by atoms with van der Waals surface area (Å²) in [7, 11) is 1.54. The van der Waals surface area contributed by atoms with Gasteiger partial charge in [0.2, 0.25) is 5.88 Å². The molecule has 0 fully saturated rings. The third-order valence-electron chi connectivity index (χ3n) is 6.96. The number of halogens is 5. The maximum atomic E-state index is 12.7. The van der Waals surface area contributed by atoms with Crippen LogP contribution in [-0.4, -0.2) is 19.7 Å². The van der Waals surface area contributed by atoms with E-state index in [1.165, 1.54) is 13.2 Å². The van der Waals surface area contributed by atoms with Crippen LogP contribution >= 0.6 is 58.0 Å². The molecule has 0 saturated carbocycles. The van der Waals surface area contributed by atoms with E-state index in [-0.39, 0.29) is 53.8 Å². The van der Waals surface area contributed by atoms with Crippen LogP contribution in [0.2, 0.25) is 25.1 Å². The molecule has 0 aliphatic carbocycles. The van der Waals surface area contributed by atoms with E-state index in [2.05, 4.69) is 6.07 Å². The first kappa shape index (κ1) is 33.4. The molecule has 4 aromatic carbocycles. The number of carbonyl (C=O) groups excluding carboxylic acids is 1. The van der Waals surface area contributed by atoms with Crippen molar-refractivity contribution in [3.8, 4) is 34.8 Å². The number of methoxy groups -OCH3 is 1. The predicted octanol–water partition coefficient (Wildman–Crippen LogP) is 9.05. The lowest BCUT2D eigenvalue weighted by molar-refractivity contribution is -0.136. The summed E-state index contributed by atoms with van der Waals surface area (Å²) < 4.78 is 28.3. The minimum absolute atomic E-state index is 0.0469. The van der Waals surface area contributed by atoms with Gasteiger partial charge in [-0.3, -0.25) is 0 Å². The van der Waals surface area contributed by atoms with E-state index in [1.807, 2.05) is 37.3 Å². The summed E-state index contributed by atoms with van der Waals surface area (Å²) in [4.78, 5) is 12.7. The van der Waals surface area contributed by atoms with Gasteiger partial charge in [-0.05, 0) is 36.2 Å². The summed E-state index contributed by atoms with van der Waals surface area (Å²) in [6, 6.07) is 20.3. The van der Waals surface area contributed by atoms with Crippen LogP contribution in [0.3, 0.4) is 0 Å². The van der Waals surface area contributed by atoms with Gasteiger partial charge in [-0.25, -0.2) is 4.79 Å². The summed E-state index contributed by atoms with van der Waals surface area (Å²) in [5, 5.41) is 9.57. The van der Waals surface area contributed by atoms with Gasteiger partial charge in [0.05, 0.1) is 28.1 Å². The lowest BCUT2D eigenvalue weighted by Gasteiger charge is -2.27. The number of nitrogens with zero attached hydrogens (tertiary/aromatic N) is 1. The summed E-state index contributed by atoms with van der Waals surface area (Å²) >= 11 is 30.5. The van der Waals surface area contributed by atoms with Crippen molar-refractivity contribution in [2.75, 3.05) is 13.7 Å². The first-order valence-corrected chi connectivity index (χ1v) is 15.3. The Morgan fingerprint density at radius 1 is 0.891 bits per heavy atom. The number of ether oxygens (including phenoxy) is 5. The van der Waals surface area contributed by atoms with Crippen LogP contribution in [0, 0.1) is 18.3 Å². The average molecular weight is 721 g/mol. The zero-order chi connectivity index (χ0) is 33.1. The molecule has 0 radical (unpaired) electrons. The van der Waals surface area contributed by atoms with E-state index in [1.54, 1.807) is 24.3 Å². The van der Waals surface area contributed by atoms with Crippen LogP contribution in [0.1, 0.15) is 28.2 Å². The molecule has 2 N–H and O–H groups in total. The highest BCUT2D eigenvalue weighted by Crippen LogP contribution is 2.48. The predicted molar refractivity (Wildman–Crippen MR) is 177 cm³/mol. The molecule has 1 heterocycles. The van der Waals surface area contributed by atoms with Crippen molar-refractivity contribution in [3.05, 3.63) is 119 Å². The van der Waals surface area contributed by atoms with Crippen LogP contribution in [0.5, 0.6) is 28.7 Å². The first-order valence-electron chi connectivity index (χ1n) is 13.4. The number of carbonyl (C=O) groups is 1. The number of aryl methyl sites for hydroxylation is 1. The van der Waals surface area contributed by atoms with Gasteiger partial charge in [0.25, 0.3) is 0 Å². The molecule has 4 aromatic rings. The maximum Gasteiger partial charge on any atom is 0.349 e. The average Bonchev–Trinajstić information content (AvgIpc) is 3.05. The molecule has 1 aliphatic heterocycles. The molecular formula is C33H23Cl5N2O6. The third kappa shape index (κ3) is 6.90. The topological polar surface area (TPSA) is 113 Å². The standard InChI is InChI=1S/C33H23Cl5N2O6/c1-16-3-5-17(6-4-16)14-43-22-10-7-18(11-24(22)42-2)26-20-9-8-19(12-23(20)46-33(40)21(26)13-39)45-25(41)15-44-32-30(37)28(35)27(34)29(36)31(32)38/h3-12,26H,14-15,40H2,1-2H3. The molecular weight excluding hydrogens is 698 g/mol. The highest BCUT2D eigenvalue weighted by atomic mass is 35.5. The normalized spacial score (nSPS) is 13.7. The molecule has 0 saturated heterocycles. The number of allylic oxidation sites excluding steroid dienone is 1. The molecule has 236 valence electrons. The maximum absolute atomic E-state index is 12.7. The van der Waals surface area contributed by atoms with Gasteiger partial charge in [-0.2, -0.15) is 5.26 Å². The van der Waals surface area contributed by atoms with Crippen molar-refractivity contribution in [2.45, 2.75) is 19.4 Å². The van der Waals surface area contributed by atoms with E-state index in [9.17, 15) is 10.1 Å². The Bertz CT molecular complexity index is 1880. The van der Waals surface area contributed by atoms with Crippen LogP contribution in [0.4, 0.5) is 0 Å². The number of benzene rings is 4. The van der Waals surface area contributed by atoms with Crippen molar-refractivity contribution in [2.24, 2.45) is 5.73 Å². The van der Waals surface area contributed by atoms with E-state index >= 15 is 0 Å². The number of fused-ring (bicyclic) bond motifs is 1. The van der Waals surface area contributed by atoms with Crippen LogP contribution in [0.15, 0.2) is 72.1 Å². The van der Waals surface area contributed by atoms with Crippen LogP contribution in [-0.2, 0) is 11.4 Å². The number of nitriles is 1. The van der Waals surface area contributed by atoms with Crippen molar-refractivity contribution in [3.63, 3.8) is 0 Å². The number of esters is 1. The molecule has 5 rings (SSSR count). The number of hydrogen-bond acceptors (Lipinski definition) is 8. The molecule has 1 atom stereocenters. The number of rotatable bonds is 9. The molecule has 0 spiro atoms. The number of nitrogens with two attached hydrogens (primary N) is 1. The molecule has 8 nitrogen and oxygen atoms in total. The lowest BCUT2D eigenvalue weighted by atomic mass is 9.83. The SMILES string of the molecule is COc1cc(C2C(C#N)=C(N)Oc3cc(OC(=O)COc4c(Cl)c(Cl)c(Cl)c(Cl)c4Cl)ccc32)ccc1OCc1ccc(C)cc1. The highest BCUT2D eigenvalue weighted by Gasteiger charge is 2.32. The van der Waals surface area contributed by atoms with E-state index in [4.69, 9.17) is 87.4 Å². The Hall–Kier alpha value is -3.97. The Morgan fingerprint density at radius 3 is 2.22 bits per heavy atom. The van der Waals surface area contributed by atoms with Crippen molar-refractivity contribution < 1.29 is 28.5 Å². The Balaban J connectivity index is 1.35. The fourth-order valence-electron chi connectivity index (χ4n) is 4.67. The van der Waals surface area contributed by atoms with Gasteiger partial charge in [-0.15, -0.1) is 0 Å².